The Labute approximate surface area is 148 Å². The van der Waals surface area contributed by atoms with Crippen molar-refractivity contribution >= 4 is 49.8 Å². The van der Waals surface area contributed by atoms with Gasteiger partial charge in [0.25, 0.3) is 5.91 Å². The second-order valence-corrected chi connectivity index (χ2v) is 9.58. The zero-order valence-electron chi connectivity index (χ0n) is 13.1. The molecule has 1 aliphatic rings. The van der Waals surface area contributed by atoms with Crippen LogP contribution in [0.2, 0.25) is 0 Å². The van der Waals surface area contributed by atoms with E-state index in [0.29, 0.717) is 29.3 Å². The third-order valence-corrected chi connectivity index (χ3v) is 6.52. The second kappa shape index (κ2) is 6.69. The van der Waals surface area contributed by atoms with Gasteiger partial charge < -0.3 is 0 Å². The first-order valence-corrected chi connectivity index (χ1v) is 10.9. The summed E-state index contributed by atoms with van der Waals surface area (Å²) in [5, 5.41) is 11.1. The number of carbonyl (C=O) groups excluding carboxylic acids is 1. The lowest BCUT2D eigenvalue weighted by atomic mass is 10.1. The van der Waals surface area contributed by atoms with Crippen LogP contribution in [0, 0.1) is 0 Å². The van der Waals surface area contributed by atoms with Crippen LogP contribution in [0.25, 0.3) is 0 Å². The predicted octanol–water partition coefficient (Wildman–Crippen LogP) is 2.22. The van der Waals surface area contributed by atoms with Gasteiger partial charge in [0.2, 0.25) is 15.2 Å². The number of rotatable bonds is 5. The van der Waals surface area contributed by atoms with Crippen LogP contribution in [-0.4, -0.2) is 43.1 Å². The molecule has 0 spiro atoms. The van der Waals surface area contributed by atoms with Gasteiger partial charge in [0.1, 0.15) is 0 Å². The summed E-state index contributed by atoms with van der Waals surface area (Å²) in [5.74, 6) is 0.615. The van der Waals surface area contributed by atoms with Crippen LogP contribution in [0.15, 0.2) is 22.5 Å². The summed E-state index contributed by atoms with van der Waals surface area (Å²) < 4.78 is 25.7. The van der Waals surface area contributed by atoms with Crippen molar-refractivity contribution < 1.29 is 13.2 Å². The van der Waals surface area contributed by atoms with E-state index in [9.17, 15) is 13.2 Å². The lowest BCUT2D eigenvalue weighted by Crippen LogP contribution is -2.27. The van der Waals surface area contributed by atoms with Crippen LogP contribution in [-0.2, 0) is 16.4 Å². The highest BCUT2D eigenvalue weighted by Crippen LogP contribution is 2.31. The van der Waals surface area contributed by atoms with Crippen molar-refractivity contribution in [2.75, 3.05) is 28.2 Å². The summed E-state index contributed by atoms with van der Waals surface area (Å²) in [6, 6.07) is 5.04. The van der Waals surface area contributed by atoms with Gasteiger partial charge in [0, 0.05) is 12.1 Å². The van der Waals surface area contributed by atoms with E-state index >= 15 is 0 Å². The predicted molar refractivity (Wildman–Crippen MR) is 96.6 cm³/mol. The number of amides is 1. The van der Waals surface area contributed by atoms with E-state index in [1.165, 1.54) is 21.9 Å². The molecular weight excluding hydrogens is 368 g/mol. The summed E-state index contributed by atoms with van der Waals surface area (Å²) in [6.07, 6.45) is 1.78. The number of benzene rings is 1. The Balaban J connectivity index is 1.77. The number of anilines is 2. The summed E-state index contributed by atoms with van der Waals surface area (Å²) in [5.41, 5.74) is 1.98. The molecule has 3 rings (SSSR count). The zero-order chi connectivity index (χ0) is 17.3. The molecule has 2 heterocycles. The van der Waals surface area contributed by atoms with Crippen molar-refractivity contribution in [3.05, 3.63) is 29.3 Å². The number of carbonyl (C=O) groups is 1. The van der Waals surface area contributed by atoms with Gasteiger partial charge in [-0.2, -0.15) is 0 Å². The Hall–Kier alpha value is -1.65. The molecule has 1 aliphatic heterocycles. The molecule has 0 bridgehead atoms. The van der Waals surface area contributed by atoms with Gasteiger partial charge in [0.15, 0.2) is 4.34 Å². The van der Waals surface area contributed by atoms with Crippen molar-refractivity contribution in [3.8, 4) is 0 Å². The highest BCUT2D eigenvalue weighted by atomic mass is 32.2. The number of hydrogen-bond donors (Lipinski definition) is 1. The number of hydrogen-bond acceptors (Lipinski definition) is 7. The van der Waals surface area contributed by atoms with Crippen LogP contribution in [0.3, 0.4) is 0 Å². The highest BCUT2D eigenvalue weighted by molar-refractivity contribution is 8.01. The van der Waals surface area contributed by atoms with Crippen LogP contribution >= 0.6 is 23.1 Å². The molecule has 2 aromatic rings. The topological polar surface area (TPSA) is 92.3 Å². The monoisotopic (exact) mass is 384 g/mol. The van der Waals surface area contributed by atoms with E-state index in [-0.39, 0.29) is 5.91 Å². The maximum atomic E-state index is 12.3. The largest absolute Gasteiger partial charge is 0.296 e. The van der Waals surface area contributed by atoms with E-state index in [0.717, 1.165) is 15.7 Å². The van der Waals surface area contributed by atoms with Gasteiger partial charge in [-0.15, -0.1) is 10.2 Å². The normalized spacial score (nSPS) is 13.8. The average molecular weight is 385 g/mol. The van der Waals surface area contributed by atoms with E-state index in [1.54, 1.807) is 30.0 Å². The molecule has 1 aromatic carbocycles. The van der Waals surface area contributed by atoms with Crippen molar-refractivity contribution in [1.82, 2.24) is 10.2 Å². The van der Waals surface area contributed by atoms with Gasteiger partial charge in [-0.05, 0) is 35.9 Å². The van der Waals surface area contributed by atoms with Crippen LogP contribution in [0.5, 0.6) is 0 Å². The Morgan fingerprint density at radius 2 is 2.21 bits per heavy atom. The maximum absolute atomic E-state index is 12.3. The van der Waals surface area contributed by atoms with Gasteiger partial charge in [0.05, 0.1) is 11.9 Å². The number of thioether (sulfide) groups is 1. The number of nitrogens with one attached hydrogen (secondary N) is 1. The fourth-order valence-corrected chi connectivity index (χ4v) is 5.07. The third kappa shape index (κ3) is 3.55. The molecule has 10 heteroatoms. The van der Waals surface area contributed by atoms with Gasteiger partial charge in [-0.25, -0.2) is 8.42 Å². The molecule has 24 heavy (non-hydrogen) atoms. The summed E-state index contributed by atoms with van der Waals surface area (Å²) in [6.45, 7) is 2.43. The Bertz CT molecular complexity index is 879. The minimum atomic E-state index is -3.29. The van der Waals surface area contributed by atoms with E-state index in [2.05, 4.69) is 15.5 Å². The fourth-order valence-electron chi connectivity index (χ4n) is 2.47. The molecule has 0 aliphatic carbocycles. The smallest absolute Gasteiger partial charge is 0.257 e. The lowest BCUT2D eigenvalue weighted by Gasteiger charge is -2.16. The molecule has 1 aromatic heterocycles. The molecule has 128 valence electrons. The first kappa shape index (κ1) is 17.2. The van der Waals surface area contributed by atoms with Gasteiger partial charge in [-0.3, -0.25) is 14.4 Å². The molecule has 0 fully saturated rings. The maximum Gasteiger partial charge on any atom is 0.257 e. The second-order valence-electron chi connectivity index (χ2n) is 5.19. The molecule has 0 radical (unpaired) electrons. The summed E-state index contributed by atoms with van der Waals surface area (Å²) in [7, 11) is -3.29. The quantitative estimate of drug-likeness (QED) is 0.628. The molecule has 0 unspecified atom stereocenters. The Morgan fingerprint density at radius 1 is 1.42 bits per heavy atom. The van der Waals surface area contributed by atoms with E-state index in [1.807, 2.05) is 6.92 Å². The van der Waals surface area contributed by atoms with Crippen molar-refractivity contribution in [1.29, 1.82) is 0 Å². The molecule has 1 N–H and O–H groups in total. The number of sulfonamides is 1. The lowest BCUT2D eigenvalue weighted by molar-refractivity contribution is 0.102. The third-order valence-electron chi connectivity index (χ3n) is 3.49. The minimum Gasteiger partial charge on any atom is -0.296 e. The number of fused-ring (bicyclic) bond motifs is 1. The first-order valence-electron chi connectivity index (χ1n) is 7.27. The number of nitrogens with zero attached hydrogens (tertiary/aromatic N) is 3. The molecule has 7 nitrogen and oxygen atoms in total. The van der Waals surface area contributed by atoms with Crippen LogP contribution < -0.4 is 9.62 Å². The van der Waals surface area contributed by atoms with E-state index < -0.39 is 10.0 Å². The average Bonchev–Trinajstić information content (AvgIpc) is 3.13. The highest BCUT2D eigenvalue weighted by Gasteiger charge is 2.26. The Kier molecular flexibility index (Phi) is 4.79. The molecule has 1 amide bonds. The van der Waals surface area contributed by atoms with Crippen molar-refractivity contribution in [3.63, 3.8) is 0 Å². The van der Waals surface area contributed by atoms with Crippen molar-refractivity contribution in [2.24, 2.45) is 0 Å². The number of aromatic nitrogens is 2. The van der Waals surface area contributed by atoms with Gasteiger partial charge in [-0.1, -0.05) is 30.0 Å². The van der Waals surface area contributed by atoms with Crippen LogP contribution in [0.1, 0.15) is 22.8 Å². The zero-order valence-corrected chi connectivity index (χ0v) is 15.6. The SMILES string of the molecule is CCSc1nnc(NC(=O)c2ccc3c(c2)CCN3S(C)(=O)=O)s1. The van der Waals surface area contributed by atoms with Gasteiger partial charge >= 0.3 is 0 Å². The molecule has 0 saturated heterocycles. The van der Waals surface area contributed by atoms with E-state index in [4.69, 9.17) is 0 Å². The minimum absolute atomic E-state index is 0.278. The fraction of sp³-hybridized carbons (Fsp3) is 0.357. The molecule has 0 atom stereocenters. The molecule has 0 saturated carbocycles. The van der Waals surface area contributed by atoms with Crippen LogP contribution in [0.4, 0.5) is 10.8 Å². The summed E-state index contributed by atoms with van der Waals surface area (Å²) in [4.78, 5) is 12.3. The van der Waals surface area contributed by atoms with Crippen molar-refractivity contribution in [2.45, 2.75) is 17.7 Å². The Morgan fingerprint density at radius 3 is 2.92 bits per heavy atom. The molecular formula is C14H16N4O3S3. The first-order chi connectivity index (χ1) is 11.4. The standard InChI is InChI=1S/C14H16N4O3S3/c1-3-22-14-17-16-13(23-14)15-12(19)10-4-5-11-9(8-10)6-7-18(11)24(2,20)21/h4-5,8H,3,6-7H2,1-2H3,(H,15,16,19). The summed E-state index contributed by atoms with van der Waals surface area (Å²) >= 11 is 2.90.